The van der Waals surface area contributed by atoms with Gasteiger partial charge in [0.25, 0.3) is 0 Å². The number of nitrogens with zero attached hydrogens (tertiary/aromatic N) is 3. The SMILES string of the molecule is CNc1ccc(Sc2nc(Nc3cc(C)[nH]n3)cc(OCCCCC(=O)NO)n2)cc1. The van der Waals surface area contributed by atoms with E-state index in [4.69, 9.17) is 9.94 Å². The van der Waals surface area contributed by atoms with Crippen LogP contribution in [0.15, 0.2) is 46.5 Å². The molecule has 0 aliphatic rings. The van der Waals surface area contributed by atoms with Crippen molar-refractivity contribution in [3.05, 3.63) is 42.1 Å². The van der Waals surface area contributed by atoms with Gasteiger partial charge in [-0.2, -0.15) is 10.1 Å². The quantitative estimate of drug-likeness (QED) is 0.130. The van der Waals surface area contributed by atoms with Crippen LogP contribution in [0.5, 0.6) is 5.88 Å². The Morgan fingerprint density at radius 1 is 1.16 bits per heavy atom. The number of amides is 1. The van der Waals surface area contributed by atoms with Crippen LogP contribution >= 0.6 is 11.8 Å². The van der Waals surface area contributed by atoms with Crippen LogP contribution in [-0.2, 0) is 4.79 Å². The van der Waals surface area contributed by atoms with Gasteiger partial charge in [-0.15, -0.1) is 0 Å². The molecule has 164 valence electrons. The summed E-state index contributed by atoms with van der Waals surface area (Å²) in [4.78, 5) is 21.1. The average molecular weight is 444 g/mol. The van der Waals surface area contributed by atoms with Gasteiger partial charge in [-0.25, -0.2) is 10.5 Å². The Hall–Kier alpha value is -3.31. The molecule has 2 heterocycles. The lowest BCUT2D eigenvalue weighted by molar-refractivity contribution is -0.129. The second kappa shape index (κ2) is 11.2. The predicted molar refractivity (Wildman–Crippen MR) is 118 cm³/mol. The lowest BCUT2D eigenvalue weighted by Gasteiger charge is -2.10. The summed E-state index contributed by atoms with van der Waals surface area (Å²) >= 11 is 1.42. The van der Waals surface area contributed by atoms with E-state index < -0.39 is 5.91 Å². The number of anilines is 3. The Morgan fingerprint density at radius 3 is 2.65 bits per heavy atom. The molecule has 0 spiro atoms. The number of hydrogen-bond acceptors (Lipinski definition) is 9. The fourth-order valence-corrected chi connectivity index (χ4v) is 3.38. The van der Waals surface area contributed by atoms with Gasteiger partial charge < -0.3 is 15.4 Å². The fourth-order valence-electron chi connectivity index (χ4n) is 2.62. The summed E-state index contributed by atoms with van der Waals surface area (Å²) in [6, 6.07) is 11.5. The molecule has 0 fully saturated rings. The Labute approximate surface area is 184 Å². The smallest absolute Gasteiger partial charge is 0.243 e. The van der Waals surface area contributed by atoms with Crippen molar-refractivity contribution >= 4 is 35.0 Å². The zero-order valence-electron chi connectivity index (χ0n) is 17.3. The van der Waals surface area contributed by atoms with Crippen molar-refractivity contribution in [2.45, 2.75) is 36.2 Å². The molecule has 1 amide bonds. The standard InChI is InChI=1S/C20H25N7O3S/c1-13-11-17(26-25-13)22-16-12-19(30-10-4-3-5-18(28)27-29)24-20(23-16)31-15-8-6-14(21-2)7-9-15/h6-9,11-12,21,29H,3-5,10H2,1-2H3,(H,27,28)(H2,22,23,24,25,26). The van der Waals surface area contributed by atoms with E-state index in [-0.39, 0.29) is 6.42 Å². The number of carbonyl (C=O) groups excluding carboxylic acids is 1. The molecule has 0 aliphatic heterocycles. The summed E-state index contributed by atoms with van der Waals surface area (Å²) < 4.78 is 5.78. The van der Waals surface area contributed by atoms with Gasteiger partial charge in [-0.3, -0.25) is 15.1 Å². The fraction of sp³-hybridized carbons (Fsp3) is 0.300. The summed E-state index contributed by atoms with van der Waals surface area (Å²) in [5, 5.41) is 22.4. The highest BCUT2D eigenvalue weighted by molar-refractivity contribution is 7.99. The molecule has 0 saturated carbocycles. The van der Waals surface area contributed by atoms with Crippen molar-refractivity contribution in [3.63, 3.8) is 0 Å². The highest BCUT2D eigenvalue weighted by Gasteiger charge is 2.10. The van der Waals surface area contributed by atoms with E-state index >= 15 is 0 Å². The second-order valence-corrected chi connectivity index (χ2v) is 7.69. The first-order valence-electron chi connectivity index (χ1n) is 9.75. The summed E-state index contributed by atoms with van der Waals surface area (Å²) in [7, 11) is 1.87. The Kier molecular flexibility index (Phi) is 8.07. The van der Waals surface area contributed by atoms with Crippen LogP contribution in [0.3, 0.4) is 0 Å². The van der Waals surface area contributed by atoms with Crippen molar-refractivity contribution in [1.82, 2.24) is 25.6 Å². The number of hydroxylamine groups is 1. The number of hydrogen-bond donors (Lipinski definition) is 5. The van der Waals surface area contributed by atoms with Crippen molar-refractivity contribution in [2.75, 3.05) is 24.3 Å². The van der Waals surface area contributed by atoms with Crippen LogP contribution in [-0.4, -0.2) is 44.9 Å². The van der Waals surface area contributed by atoms with E-state index in [1.807, 2.05) is 44.3 Å². The molecule has 10 nitrogen and oxygen atoms in total. The van der Waals surface area contributed by atoms with Crippen LogP contribution in [0.25, 0.3) is 0 Å². The Bertz CT molecular complexity index is 995. The number of carbonyl (C=O) groups is 1. The average Bonchev–Trinajstić information content (AvgIpc) is 3.18. The van der Waals surface area contributed by atoms with Gasteiger partial charge >= 0.3 is 0 Å². The molecule has 3 aromatic rings. The molecule has 0 radical (unpaired) electrons. The highest BCUT2D eigenvalue weighted by Crippen LogP contribution is 2.29. The number of benzene rings is 1. The van der Waals surface area contributed by atoms with E-state index in [1.54, 1.807) is 11.5 Å². The molecule has 11 heteroatoms. The number of aromatic nitrogens is 4. The number of aryl methyl sites for hydroxylation is 1. The zero-order chi connectivity index (χ0) is 22.1. The first-order valence-corrected chi connectivity index (χ1v) is 10.6. The molecule has 3 rings (SSSR count). The summed E-state index contributed by atoms with van der Waals surface area (Å²) in [6.45, 7) is 2.30. The third-order valence-electron chi connectivity index (χ3n) is 4.17. The molecule has 5 N–H and O–H groups in total. The lowest BCUT2D eigenvalue weighted by Crippen LogP contribution is -2.18. The van der Waals surface area contributed by atoms with E-state index in [1.165, 1.54) is 11.8 Å². The maximum Gasteiger partial charge on any atom is 0.243 e. The minimum atomic E-state index is -0.411. The first-order chi connectivity index (χ1) is 15.1. The minimum Gasteiger partial charge on any atom is -0.478 e. The van der Waals surface area contributed by atoms with Crippen LogP contribution < -0.4 is 20.9 Å². The summed E-state index contributed by atoms with van der Waals surface area (Å²) in [5.74, 6) is 1.22. The van der Waals surface area contributed by atoms with Crippen molar-refractivity contribution in [2.24, 2.45) is 0 Å². The van der Waals surface area contributed by atoms with Gasteiger partial charge in [0.15, 0.2) is 11.0 Å². The maximum atomic E-state index is 11.1. The van der Waals surface area contributed by atoms with E-state index in [9.17, 15) is 4.79 Å². The number of H-pyrrole nitrogens is 1. The number of unbranched alkanes of at least 4 members (excludes halogenated alkanes) is 1. The molecule has 0 bridgehead atoms. The van der Waals surface area contributed by atoms with Gasteiger partial charge in [-0.1, -0.05) is 0 Å². The summed E-state index contributed by atoms with van der Waals surface area (Å²) in [5.41, 5.74) is 3.57. The van der Waals surface area contributed by atoms with Gasteiger partial charge in [0, 0.05) is 41.9 Å². The van der Waals surface area contributed by atoms with Crippen LogP contribution in [0.4, 0.5) is 17.3 Å². The Balaban J connectivity index is 1.70. The molecule has 0 aliphatic carbocycles. The van der Waals surface area contributed by atoms with Crippen molar-refractivity contribution in [1.29, 1.82) is 0 Å². The van der Waals surface area contributed by atoms with E-state index in [0.29, 0.717) is 42.1 Å². The van der Waals surface area contributed by atoms with E-state index in [2.05, 4.69) is 30.8 Å². The van der Waals surface area contributed by atoms with Crippen LogP contribution in [0, 0.1) is 6.92 Å². The highest BCUT2D eigenvalue weighted by atomic mass is 32.2. The van der Waals surface area contributed by atoms with Gasteiger partial charge in [0.2, 0.25) is 11.8 Å². The van der Waals surface area contributed by atoms with Crippen molar-refractivity contribution < 1.29 is 14.7 Å². The largest absolute Gasteiger partial charge is 0.478 e. The lowest BCUT2D eigenvalue weighted by atomic mass is 10.2. The van der Waals surface area contributed by atoms with Crippen LogP contribution in [0.1, 0.15) is 25.0 Å². The minimum absolute atomic E-state index is 0.235. The normalized spacial score (nSPS) is 10.5. The number of aromatic amines is 1. The van der Waals surface area contributed by atoms with Crippen LogP contribution in [0.2, 0.25) is 0 Å². The number of ether oxygens (including phenoxy) is 1. The zero-order valence-corrected chi connectivity index (χ0v) is 18.1. The molecule has 0 unspecified atom stereocenters. The monoisotopic (exact) mass is 443 g/mol. The summed E-state index contributed by atoms with van der Waals surface area (Å²) in [6.07, 6.45) is 1.47. The molecule has 0 saturated heterocycles. The van der Waals surface area contributed by atoms with Crippen molar-refractivity contribution in [3.8, 4) is 5.88 Å². The second-order valence-electron chi connectivity index (χ2n) is 6.65. The molecule has 2 aromatic heterocycles. The molecular formula is C20H25N7O3S. The molecule has 1 aromatic carbocycles. The third-order valence-corrected chi connectivity index (χ3v) is 5.04. The Morgan fingerprint density at radius 2 is 1.97 bits per heavy atom. The van der Waals surface area contributed by atoms with Gasteiger partial charge in [0.05, 0.1) is 6.61 Å². The first kappa shape index (κ1) is 22.4. The topological polar surface area (TPSA) is 137 Å². The number of rotatable bonds is 11. The van der Waals surface area contributed by atoms with Gasteiger partial charge in [0.1, 0.15) is 5.82 Å². The van der Waals surface area contributed by atoms with Gasteiger partial charge in [-0.05, 0) is 55.8 Å². The molecule has 31 heavy (non-hydrogen) atoms. The third kappa shape index (κ3) is 7.15. The predicted octanol–water partition coefficient (Wildman–Crippen LogP) is 3.50. The number of nitrogens with one attached hydrogen (secondary N) is 4. The molecule has 0 atom stereocenters. The maximum absolute atomic E-state index is 11.1. The molecular weight excluding hydrogens is 418 g/mol. The van der Waals surface area contributed by atoms with E-state index in [0.717, 1.165) is 16.3 Å².